The molecule has 0 heterocycles. The van der Waals surface area contributed by atoms with Gasteiger partial charge < -0.3 is 20.7 Å². The number of carbonyl (C=O) groups is 1. The standard InChI is InChI=1S/C21H37NO4/c1-3-4-7-10-16(26-2)13-14-18-17(19(23)15-20(18)24)11-8-5-6-9-12-21(22)25/h5,8,13-14,16-20,23-24H,3-4,6-7,9-12,15H2,1-2H3,(H2,22,25)/b8-5-,14-13+/t16-,17-,18+,19-,20+/m0/s1. The highest BCUT2D eigenvalue weighted by Crippen LogP contribution is 2.36. The molecule has 0 aliphatic heterocycles. The number of amides is 1. The number of rotatable bonds is 13. The Labute approximate surface area is 158 Å². The molecule has 1 aliphatic carbocycles. The largest absolute Gasteiger partial charge is 0.393 e. The van der Waals surface area contributed by atoms with Gasteiger partial charge in [-0.05, 0) is 31.6 Å². The molecule has 1 amide bonds. The van der Waals surface area contributed by atoms with Crippen molar-refractivity contribution in [2.24, 2.45) is 17.6 Å². The van der Waals surface area contributed by atoms with Crippen LogP contribution in [0.2, 0.25) is 0 Å². The molecule has 26 heavy (non-hydrogen) atoms. The molecule has 1 rings (SSSR count). The van der Waals surface area contributed by atoms with Crippen molar-refractivity contribution >= 4 is 5.91 Å². The number of hydrogen-bond acceptors (Lipinski definition) is 4. The minimum Gasteiger partial charge on any atom is -0.393 e. The minimum absolute atomic E-state index is 0.0155. The van der Waals surface area contributed by atoms with E-state index in [2.05, 4.69) is 6.92 Å². The maximum Gasteiger partial charge on any atom is 0.217 e. The summed E-state index contributed by atoms with van der Waals surface area (Å²) in [5.41, 5.74) is 5.12. The van der Waals surface area contributed by atoms with Crippen molar-refractivity contribution in [3.05, 3.63) is 24.3 Å². The number of aliphatic hydroxyl groups excluding tert-OH is 2. The fourth-order valence-corrected chi connectivity index (χ4v) is 3.61. The van der Waals surface area contributed by atoms with E-state index in [0.717, 1.165) is 32.1 Å². The van der Waals surface area contributed by atoms with Crippen molar-refractivity contribution in [1.29, 1.82) is 0 Å². The maximum absolute atomic E-state index is 10.7. The average molecular weight is 368 g/mol. The molecule has 0 saturated heterocycles. The van der Waals surface area contributed by atoms with Gasteiger partial charge in [0.25, 0.3) is 0 Å². The molecule has 0 bridgehead atoms. The quantitative estimate of drug-likeness (QED) is 0.344. The number of aliphatic hydroxyl groups is 2. The lowest BCUT2D eigenvalue weighted by atomic mass is 9.89. The lowest BCUT2D eigenvalue weighted by Crippen LogP contribution is -2.20. The van der Waals surface area contributed by atoms with Crippen LogP contribution in [0, 0.1) is 11.8 Å². The van der Waals surface area contributed by atoms with E-state index >= 15 is 0 Å². The van der Waals surface area contributed by atoms with Gasteiger partial charge in [-0.1, -0.05) is 50.5 Å². The third-order valence-electron chi connectivity index (χ3n) is 5.23. The summed E-state index contributed by atoms with van der Waals surface area (Å²) in [4.78, 5) is 10.7. The molecule has 0 aromatic rings. The lowest BCUT2D eigenvalue weighted by molar-refractivity contribution is -0.118. The first kappa shape index (κ1) is 22.9. The molecule has 0 radical (unpaired) electrons. The van der Waals surface area contributed by atoms with Gasteiger partial charge in [0.15, 0.2) is 0 Å². The predicted molar refractivity (Wildman–Crippen MR) is 104 cm³/mol. The molecule has 150 valence electrons. The molecule has 5 heteroatoms. The fraction of sp³-hybridized carbons (Fsp3) is 0.762. The Hall–Kier alpha value is -1.17. The summed E-state index contributed by atoms with van der Waals surface area (Å²) >= 11 is 0. The monoisotopic (exact) mass is 367 g/mol. The Bertz CT molecular complexity index is 449. The Kier molecular flexibility index (Phi) is 11.5. The van der Waals surface area contributed by atoms with Gasteiger partial charge in [-0.3, -0.25) is 4.79 Å². The highest BCUT2D eigenvalue weighted by atomic mass is 16.5. The van der Waals surface area contributed by atoms with E-state index < -0.39 is 12.2 Å². The zero-order valence-electron chi connectivity index (χ0n) is 16.3. The Morgan fingerprint density at radius 2 is 2.00 bits per heavy atom. The zero-order valence-corrected chi connectivity index (χ0v) is 16.3. The second-order valence-electron chi connectivity index (χ2n) is 7.33. The Morgan fingerprint density at radius 3 is 2.65 bits per heavy atom. The third kappa shape index (κ3) is 8.47. The van der Waals surface area contributed by atoms with Crippen molar-refractivity contribution in [3.63, 3.8) is 0 Å². The predicted octanol–water partition coefficient (Wildman–Crippen LogP) is 3.10. The first-order chi connectivity index (χ1) is 12.5. The molecule has 5 nitrogen and oxygen atoms in total. The van der Waals surface area contributed by atoms with E-state index in [1.807, 2.05) is 24.3 Å². The first-order valence-electron chi connectivity index (χ1n) is 10.00. The van der Waals surface area contributed by atoms with E-state index in [9.17, 15) is 15.0 Å². The van der Waals surface area contributed by atoms with Crippen molar-refractivity contribution in [2.75, 3.05) is 7.11 Å². The molecule has 5 atom stereocenters. The van der Waals surface area contributed by atoms with Crippen LogP contribution in [0.3, 0.4) is 0 Å². The second-order valence-corrected chi connectivity index (χ2v) is 7.33. The molecule has 0 unspecified atom stereocenters. The summed E-state index contributed by atoms with van der Waals surface area (Å²) < 4.78 is 5.52. The van der Waals surface area contributed by atoms with Crippen LogP contribution in [0.1, 0.15) is 64.7 Å². The molecular weight excluding hydrogens is 330 g/mol. The van der Waals surface area contributed by atoms with E-state index in [0.29, 0.717) is 12.8 Å². The number of hydrogen-bond donors (Lipinski definition) is 3. The summed E-state index contributed by atoms with van der Waals surface area (Å²) in [6.07, 6.45) is 14.8. The van der Waals surface area contributed by atoms with Gasteiger partial charge in [-0.2, -0.15) is 0 Å². The van der Waals surface area contributed by atoms with Crippen molar-refractivity contribution in [1.82, 2.24) is 0 Å². The molecule has 0 aromatic heterocycles. The van der Waals surface area contributed by atoms with Crippen LogP contribution in [0.15, 0.2) is 24.3 Å². The maximum atomic E-state index is 10.7. The van der Waals surface area contributed by atoms with Crippen LogP contribution in [-0.4, -0.2) is 41.5 Å². The van der Waals surface area contributed by atoms with Gasteiger partial charge in [0.05, 0.1) is 18.3 Å². The first-order valence-corrected chi connectivity index (χ1v) is 10.00. The number of unbranched alkanes of at least 4 members (excludes halogenated alkanes) is 3. The number of allylic oxidation sites excluding steroid dienone is 2. The third-order valence-corrected chi connectivity index (χ3v) is 5.23. The Morgan fingerprint density at radius 1 is 1.23 bits per heavy atom. The molecule has 1 aliphatic rings. The summed E-state index contributed by atoms with van der Waals surface area (Å²) in [7, 11) is 1.72. The topological polar surface area (TPSA) is 92.8 Å². The van der Waals surface area contributed by atoms with Crippen LogP contribution in [0.4, 0.5) is 0 Å². The van der Waals surface area contributed by atoms with Gasteiger partial charge in [-0.25, -0.2) is 0 Å². The van der Waals surface area contributed by atoms with Crippen molar-refractivity contribution < 1.29 is 19.7 Å². The summed E-state index contributed by atoms with van der Waals surface area (Å²) in [6.45, 7) is 2.18. The molecule has 1 saturated carbocycles. The van der Waals surface area contributed by atoms with Gasteiger partial charge in [0.2, 0.25) is 5.91 Å². The van der Waals surface area contributed by atoms with Gasteiger partial charge in [0.1, 0.15) is 0 Å². The number of methoxy groups -OCH3 is 1. The number of nitrogens with two attached hydrogens (primary N) is 1. The van der Waals surface area contributed by atoms with E-state index in [1.54, 1.807) is 7.11 Å². The smallest absolute Gasteiger partial charge is 0.217 e. The van der Waals surface area contributed by atoms with Crippen LogP contribution < -0.4 is 5.73 Å². The van der Waals surface area contributed by atoms with E-state index in [1.165, 1.54) is 12.8 Å². The summed E-state index contributed by atoms with van der Waals surface area (Å²) in [6, 6.07) is 0. The molecule has 0 spiro atoms. The lowest BCUT2D eigenvalue weighted by Gasteiger charge is -2.20. The van der Waals surface area contributed by atoms with Gasteiger partial charge in [0, 0.05) is 25.9 Å². The van der Waals surface area contributed by atoms with Crippen LogP contribution in [0.5, 0.6) is 0 Å². The molecule has 1 fully saturated rings. The van der Waals surface area contributed by atoms with Crippen LogP contribution in [0.25, 0.3) is 0 Å². The number of primary amides is 1. The molecule has 0 aromatic carbocycles. The minimum atomic E-state index is -0.511. The molecular formula is C21H37NO4. The van der Waals surface area contributed by atoms with Crippen LogP contribution >= 0.6 is 0 Å². The summed E-state index contributed by atoms with van der Waals surface area (Å²) in [5, 5.41) is 20.6. The second kappa shape index (κ2) is 13.1. The highest BCUT2D eigenvalue weighted by Gasteiger charge is 2.39. The van der Waals surface area contributed by atoms with Crippen molar-refractivity contribution in [2.45, 2.75) is 83.0 Å². The van der Waals surface area contributed by atoms with Crippen LogP contribution in [-0.2, 0) is 9.53 Å². The van der Waals surface area contributed by atoms with Gasteiger partial charge >= 0.3 is 0 Å². The number of ether oxygens (including phenoxy) is 1. The summed E-state index contributed by atoms with van der Waals surface area (Å²) in [5.74, 6) is -0.310. The zero-order chi connectivity index (χ0) is 19.4. The fourth-order valence-electron chi connectivity index (χ4n) is 3.61. The highest BCUT2D eigenvalue weighted by molar-refractivity contribution is 5.73. The molecule has 4 N–H and O–H groups in total. The Balaban J connectivity index is 2.53. The van der Waals surface area contributed by atoms with E-state index in [4.69, 9.17) is 10.5 Å². The number of carbonyl (C=O) groups excluding carboxylic acids is 1. The average Bonchev–Trinajstić information content (AvgIpc) is 2.87. The SMILES string of the molecule is CCCCC[C@@H](/C=C/[C@@H]1[C@H](C/C=C\CCCC(N)=O)[C@@H](O)C[C@H]1O)OC. The normalized spacial score (nSPS) is 27.5. The van der Waals surface area contributed by atoms with E-state index in [-0.39, 0.29) is 23.8 Å². The van der Waals surface area contributed by atoms with Crippen molar-refractivity contribution in [3.8, 4) is 0 Å². The van der Waals surface area contributed by atoms with Gasteiger partial charge in [-0.15, -0.1) is 0 Å².